The minimum Gasteiger partial charge on any atom is -0.325 e. The number of halogens is 3. The molecule has 10 heteroatoms. The third kappa shape index (κ3) is 4.71. The van der Waals surface area contributed by atoms with Gasteiger partial charge in [0.1, 0.15) is 0 Å². The SMILES string of the molecule is CC(C)n1c(SCC(=O)Nc2ccccc2C(F)(F)F)nnc1-c1csc2c1CCCC2. The number of nitrogens with zero attached hydrogens (tertiary/aromatic N) is 3. The maximum absolute atomic E-state index is 13.2. The molecule has 3 aromatic rings. The molecule has 32 heavy (non-hydrogen) atoms. The Hall–Kier alpha value is -2.33. The van der Waals surface area contributed by atoms with Crippen LogP contribution in [0.5, 0.6) is 0 Å². The molecule has 5 nitrogen and oxygen atoms in total. The number of aromatic nitrogens is 3. The number of carbonyl (C=O) groups is 1. The van der Waals surface area contributed by atoms with Gasteiger partial charge in [-0.25, -0.2) is 0 Å². The zero-order valence-corrected chi connectivity index (χ0v) is 19.3. The van der Waals surface area contributed by atoms with E-state index in [1.54, 1.807) is 11.3 Å². The van der Waals surface area contributed by atoms with E-state index in [0.717, 1.165) is 36.7 Å². The van der Waals surface area contributed by atoms with Gasteiger partial charge in [-0.2, -0.15) is 13.2 Å². The number of aryl methyl sites for hydroxylation is 1. The summed E-state index contributed by atoms with van der Waals surface area (Å²) in [6, 6.07) is 5.02. The molecule has 0 bridgehead atoms. The Morgan fingerprint density at radius 3 is 2.72 bits per heavy atom. The number of para-hydroxylation sites is 1. The summed E-state index contributed by atoms with van der Waals surface area (Å²) < 4.78 is 41.5. The van der Waals surface area contributed by atoms with E-state index in [1.165, 1.54) is 46.8 Å². The Labute approximate surface area is 192 Å². The minimum atomic E-state index is -4.54. The third-order valence-corrected chi connectivity index (χ3v) is 7.35. The fourth-order valence-corrected chi connectivity index (χ4v) is 5.85. The number of amides is 1. The lowest BCUT2D eigenvalue weighted by Crippen LogP contribution is -2.18. The van der Waals surface area contributed by atoms with Gasteiger partial charge in [-0.15, -0.1) is 21.5 Å². The molecule has 0 radical (unpaired) electrons. The van der Waals surface area contributed by atoms with Crippen molar-refractivity contribution in [1.29, 1.82) is 0 Å². The van der Waals surface area contributed by atoms with Gasteiger partial charge in [0.05, 0.1) is 17.0 Å². The van der Waals surface area contributed by atoms with Crippen molar-refractivity contribution in [1.82, 2.24) is 14.8 Å². The average molecular weight is 481 g/mol. The molecular weight excluding hydrogens is 457 g/mol. The Morgan fingerprint density at radius 1 is 1.22 bits per heavy atom. The van der Waals surface area contributed by atoms with Gasteiger partial charge in [0.2, 0.25) is 5.91 Å². The summed E-state index contributed by atoms with van der Waals surface area (Å²) in [5, 5.41) is 13.8. The van der Waals surface area contributed by atoms with Crippen molar-refractivity contribution in [2.45, 2.75) is 56.9 Å². The van der Waals surface area contributed by atoms with Crippen molar-refractivity contribution in [3.8, 4) is 11.4 Å². The first-order valence-corrected chi connectivity index (χ1v) is 12.3. The highest BCUT2D eigenvalue weighted by molar-refractivity contribution is 7.99. The van der Waals surface area contributed by atoms with Crippen molar-refractivity contribution in [3.63, 3.8) is 0 Å². The summed E-state index contributed by atoms with van der Waals surface area (Å²) in [7, 11) is 0. The smallest absolute Gasteiger partial charge is 0.325 e. The standard InChI is InChI=1S/C22H23F3N4OS2/c1-13(2)29-20(15-11-31-18-10-6-3-7-14(15)18)27-28-21(29)32-12-19(30)26-17-9-5-4-8-16(17)22(23,24)25/h4-5,8-9,11,13H,3,6-7,10,12H2,1-2H3,(H,26,30). The lowest BCUT2D eigenvalue weighted by Gasteiger charge is -2.16. The van der Waals surface area contributed by atoms with Gasteiger partial charge in [0.25, 0.3) is 0 Å². The molecule has 0 atom stereocenters. The van der Waals surface area contributed by atoms with Gasteiger partial charge in [0.15, 0.2) is 11.0 Å². The number of rotatable bonds is 6. The molecule has 1 aromatic carbocycles. The monoisotopic (exact) mass is 480 g/mol. The molecule has 0 unspecified atom stereocenters. The summed E-state index contributed by atoms with van der Waals surface area (Å²) >= 11 is 2.93. The second-order valence-corrected chi connectivity index (χ2v) is 9.82. The first kappa shape index (κ1) is 22.8. The van der Waals surface area contributed by atoms with Gasteiger partial charge in [-0.1, -0.05) is 23.9 Å². The molecule has 1 amide bonds. The van der Waals surface area contributed by atoms with E-state index < -0.39 is 17.6 Å². The number of nitrogens with one attached hydrogen (secondary N) is 1. The molecule has 170 valence electrons. The number of thioether (sulfide) groups is 1. The number of hydrogen-bond donors (Lipinski definition) is 1. The van der Waals surface area contributed by atoms with E-state index in [0.29, 0.717) is 5.16 Å². The highest BCUT2D eigenvalue weighted by Gasteiger charge is 2.33. The lowest BCUT2D eigenvalue weighted by atomic mass is 9.95. The van der Waals surface area contributed by atoms with Crippen molar-refractivity contribution < 1.29 is 18.0 Å². The fraction of sp³-hybridized carbons (Fsp3) is 0.409. The molecule has 0 saturated heterocycles. The second-order valence-electron chi connectivity index (χ2n) is 7.91. The normalized spacial score (nSPS) is 13.9. The van der Waals surface area contributed by atoms with Crippen LogP contribution in [0.4, 0.5) is 18.9 Å². The first-order valence-electron chi connectivity index (χ1n) is 10.4. The Morgan fingerprint density at radius 2 is 1.97 bits per heavy atom. The lowest BCUT2D eigenvalue weighted by molar-refractivity contribution is -0.137. The highest BCUT2D eigenvalue weighted by Crippen LogP contribution is 2.38. The summed E-state index contributed by atoms with van der Waals surface area (Å²) in [6.45, 7) is 4.05. The van der Waals surface area contributed by atoms with Crippen LogP contribution in [0.3, 0.4) is 0 Å². The zero-order chi connectivity index (χ0) is 22.9. The summed E-state index contributed by atoms with van der Waals surface area (Å²) in [5.74, 6) is 0.183. The topological polar surface area (TPSA) is 59.8 Å². The summed E-state index contributed by atoms with van der Waals surface area (Å²) in [6.07, 6.45) is -0.0474. The van der Waals surface area contributed by atoms with E-state index in [1.807, 2.05) is 18.4 Å². The van der Waals surface area contributed by atoms with Crippen LogP contribution in [-0.4, -0.2) is 26.4 Å². The van der Waals surface area contributed by atoms with E-state index >= 15 is 0 Å². The van der Waals surface area contributed by atoms with Crippen LogP contribution in [0.2, 0.25) is 0 Å². The van der Waals surface area contributed by atoms with Crippen LogP contribution in [-0.2, 0) is 23.8 Å². The van der Waals surface area contributed by atoms with Crippen LogP contribution < -0.4 is 5.32 Å². The molecular formula is C22H23F3N4OS2. The predicted molar refractivity (Wildman–Crippen MR) is 121 cm³/mol. The highest BCUT2D eigenvalue weighted by atomic mass is 32.2. The van der Waals surface area contributed by atoms with Crippen LogP contribution in [0.1, 0.15) is 48.7 Å². The summed E-state index contributed by atoms with van der Waals surface area (Å²) in [4.78, 5) is 13.8. The van der Waals surface area contributed by atoms with Gasteiger partial charge >= 0.3 is 6.18 Å². The number of alkyl halides is 3. The third-order valence-electron chi connectivity index (χ3n) is 5.32. The number of carbonyl (C=O) groups excluding carboxylic acids is 1. The van der Waals surface area contributed by atoms with E-state index in [9.17, 15) is 18.0 Å². The first-order chi connectivity index (χ1) is 15.3. The van der Waals surface area contributed by atoms with Crippen LogP contribution in [0, 0.1) is 0 Å². The van der Waals surface area contributed by atoms with Gasteiger partial charge in [-0.3, -0.25) is 9.36 Å². The molecule has 1 aliphatic carbocycles. The molecule has 1 N–H and O–H groups in total. The van der Waals surface area contributed by atoms with Crippen molar-refractivity contribution in [2.75, 3.05) is 11.1 Å². The summed E-state index contributed by atoms with van der Waals surface area (Å²) in [5.41, 5.74) is 1.32. The minimum absolute atomic E-state index is 0.0654. The predicted octanol–water partition coefficient (Wildman–Crippen LogP) is 6.22. The van der Waals surface area contributed by atoms with Crippen molar-refractivity contribution in [3.05, 3.63) is 45.6 Å². The zero-order valence-electron chi connectivity index (χ0n) is 17.7. The van der Waals surface area contributed by atoms with Crippen LogP contribution in [0.15, 0.2) is 34.8 Å². The Bertz CT molecular complexity index is 1120. The van der Waals surface area contributed by atoms with Crippen LogP contribution in [0.25, 0.3) is 11.4 Å². The van der Waals surface area contributed by atoms with E-state index in [4.69, 9.17) is 0 Å². The number of thiophene rings is 1. The van der Waals surface area contributed by atoms with Crippen LogP contribution >= 0.6 is 23.1 Å². The Kier molecular flexibility index (Phi) is 6.62. The van der Waals surface area contributed by atoms with Gasteiger partial charge in [-0.05, 0) is 57.2 Å². The molecule has 2 heterocycles. The quantitative estimate of drug-likeness (QED) is 0.426. The molecule has 1 aliphatic rings. The molecule has 2 aromatic heterocycles. The van der Waals surface area contributed by atoms with Gasteiger partial charge in [0, 0.05) is 21.9 Å². The molecule has 4 rings (SSSR count). The second kappa shape index (κ2) is 9.27. The Balaban J connectivity index is 1.51. The molecule has 0 aliphatic heterocycles. The average Bonchev–Trinajstić information content (AvgIpc) is 3.35. The van der Waals surface area contributed by atoms with E-state index in [2.05, 4.69) is 20.9 Å². The van der Waals surface area contributed by atoms with Crippen molar-refractivity contribution >= 4 is 34.7 Å². The largest absolute Gasteiger partial charge is 0.418 e. The number of benzene rings is 1. The molecule has 0 fully saturated rings. The van der Waals surface area contributed by atoms with E-state index in [-0.39, 0.29) is 17.5 Å². The molecule has 0 saturated carbocycles. The number of anilines is 1. The number of fused-ring (bicyclic) bond motifs is 1. The maximum Gasteiger partial charge on any atom is 0.418 e. The number of hydrogen-bond acceptors (Lipinski definition) is 5. The van der Waals surface area contributed by atoms with Crippen molar-refractivity contribution in [2.24, 2.45) is 0 Å². The van der Waals surface area contributed by atoms with Gasteiger partial charge < -0.3 is 5.32 Å². The maximum atomic E-state index is 13.2. The fourth-order valence-electron chi connectivity index (χ4n) is 3.86. The molecule has 0 spiro atoms.